The maximum atomic E-state index is 4.65. The van der Waals surface area contributed by atoms with E-state index in [9.17, 15) is 0 Å². The first-order valence-electron chi connectivity index (χ1n) is 6.75. The molecular weight excluding hydrogens is 246 g/mol. The van der Waals surface area contributed by atoms with Gasteiger partial charge in [-0.3, -0.25) is 9.97 Å². The molecule has 1 aromatic carbocycles. The van der Waals surface area contributed by atoms with Crippen molar-refractivity contribution in [2.75, 3.05) is 5.32 Å². The van der Waals surface area contributed by atoms with Crippen molar-refractivity contribution in [2.24, 2.45) is 0 Å². The first kappa shape index (κ1) is 12.6. The fraction of sp³-hybridized carbons (Fsp3) is 0.176. The van der Waals surface area contributed by atoms with Gasteiger partial charge in [0, 0.05) is 11.1 Å². The number of nitrogens with one attached hydrogen (secondary N) is 1. The third kappa shape index (κ3) is 2.62. The predicted octanol–water partition coefficient (Wildman–Crippen LogP) is 3.86. The van der Waals surface area contributed by atoms with Crippen LogP contribution in [0.1, 0.15) is 17.1 Å². The molecule has 3 aromatic rings. The van der Waals surface area contributed by atoms with Crippen molar-refractivity contribution in [3.05, 3.63) is 65.6 Å². The molecule has 2 aromatic heterocycles. The molecule has 0 aliphatic rings. The standard InChI is InChI=1S/C17H17N3/c1-12-7-10-16(13(2)19-12)18-11-15-9-8-14-5-3-4-6-17(14)20-15/h3-10,18H,11H2,1-2H3. The number of nitrogens with zero attached hydrogens (tertiary/aromatic N) is 2. The first-order chi connectivity index (χ1) is 9.72. The van der Waals surface area contributed by atoms with Crippen molar-refractivity contribution in [3.63, 3.8) is 0 Å². The van der Waals surface area contributed by atoms with Crippen LogP contribution in [0.25, 0.3) is 10.9 Å². The van der Waals surface area contributed by atoms with E-state index in [4.69, 9.17) is 0 Å². The molecule has 3 nitrogen and oxygen atoms in total. The fourth-order valence-electron chi connectivity index (χ4n) is 2.27. The SMILES string of the molecule is Cc1ccc(NCc2ccc3ccccc3n2)c(C)n1. The van der Waals surface area contributed by atoms with E-state index in [1.54, 1.807) is 0 Å². The van der Waals surface area contributed by atoms with Crippen LogP contribution >= 0.6 is 0 Å². The number of hydrogen-bond acceptors (Lipinski definition) is 3. The monoisotopic (exact) mass is 263 g/mol. The third-order valence-corrected chi connectivity index (χ3v) is 3.34. The maximum absolute atomic E-state index is 4.65. The van der Waals surface area contributed by atoms with Gasteiger partial charge in [-0.15, -0.1) is 0 Å². The highest BCUT2D eigenvalue weighted by Crippen LogP contribution is 2.15. The molecule has 3 rings (SSSR count). The van der Waals surface area contributed by atoms with Gasteiger partial charge in [-0.2, -0.15) is 0 Å². The minimum absolute atomic E-state index is 0.705. The molecular formula is C17H17N3. The summed E-state index contributed by atoms with van der Waals surface area (Å²) in [7, 11) is 0. The zero-order valence-corrected chi connectivity index (χ0v) is 11.7. The van der Waals surface area contributed by atoms with E-state index in [1.165, 1.54) is 5.39 Å². The summed E-state index contributed by atoms with van der Waals surface area (Å²) < 4.78 is 0. The molecule has 0 radical (unpaired) electrons. The van der Waals surface area contributed by atoms with Crippen LogP contribution in [-0.4, -0.2) is 9.97 Å². The zero-order chi connectivity index (χ0) is 13.9. The van der Waals surface area contributed by atoms with Crippen molar-refractivity contribution in [1.82, 2.24) is 9.97 Å². The summed E-state index contributed by atoms with van der Waals surface area (Å²) in [6, 6.07) is 16.4. The van der Waals surface area contributed by atoms with Crippen LogP contribution < -0.4 is 5.32 Å². The number of aryl methyl sites for hydroxylation is 2. The third-order valence-electron chi connectivity index (χ3n) is 3.34. The Balaban J connectivity index is 1.79. The number of hydrogen-bond donors (Lipinski definition) is 1. The lowest BCUT2D eigenvalue weighted by Gasteiger charge is -2.09. The molecule has 0 bridgehead atoms. The summed E-state index contributed by atoms with van der Waals surface area (Å²) in [5, 5.41) is 4.57. The van der Waals surface area contributed by atoms with Gasteiger partial charge in [-0.25, -0.2) is 0 Å². The maximum Gasteiger partial charge on any atom is 0.0706 e. The highest BCUT2D eigenvalue weighted by atomic mass is 14.9. The van der Waals surface area contributed by atoms with Crippen LogP contribution in [0.4, 0.5) is 5.69 Å². The normalized spacial score (nSPS) is 10.7. The molecule has 0 saturated heterocycles. The summed E-state index contributed by atoms with van der Waals surface area (Å²) in [6.07, 6.45) is 0. The van der Waals surface area contributed by atoms with E-state index in [2.05, 4.69) is 39.6 Å². The Hall–Kier alpha value is -2.42. The average Bonchev–Trinajstić information content (AvgIpc) is 2.46. The fourth-order valence-corrected chi connectivity index (χ4v) is 2.27. The smallest absolute Gasteiger partial charge is 0.0706 e. The van der Waals surface area contributed by atoms with Crippen molar-refractivity contribution in [1.29, 1.82) is 0 Å². The van der Waals surface area contributed by atoms with Gasteiger partial charge in [-0.1, -0.05) is 24.3 Å². The number of pyridine rings is 2. The average molecular weight is 263 g/mol. The van der Waals surface area contributed by atoms with Gasteiger partial charge in [0.1, 0.15) is 0 Å². The molecule has 2 heterocycles. The van der Waals surface area contributed by atoms with Gasteiger partial charge < -0.3 is 5.32 Å². The van der Waals surface area contributed by atoms with Crippen LogP contribution in [0.2, 0.25) is 0 Å². The number of anilines is 1. The van der Waals surface area contributed by atoms with Crippen LogP contribution in [0.5, 0.6) is 0 Å². The molecule has 0 saturated carbocycles. The summed E-state index contributed by atoms with van der Waals surface area (Å²) in [6.45, 7) is 4.72. The van der Waals surface area contributed by atoms with Crippen molar-refractivity contribution in [2.45, 2.75) is 20.4 Å². The molecule has 100 valence electrons. The summed E-state index contributed by atoms with van der Waals surface area (Å²) in [4.78, 5) is 9.11. The molecule has 0 atom stereocenters. The van der Waals surface area contributed by atoms with E-state index < -0.39 is 0 Å². The van der Waals surface area contributed by atoms with E-state index in [0.29, 0.717) is 6.54 Å². The van der Waals surface area contributed by atoms with Gasteiger partial charge in [0.05, 0.1) is 29.1 Å². The molecule has 0 amide bonds. The summed E-state index contributed by atoms with van der Waals surface area (Å²) >= 11 is 0. The molecule has 3 heteroatoms. The highest BCUT2D eigenvalue weighted by molar-refractivity contribution is 5.78. The molecule has 0 spiro atoms. The lowest BCUT2D eigenvalue weighted by atomic mass is 10.2. The number of rotatable bonds is 3. The van der Waals surface area contributed by atoms with Crippen molar-refractivity contribution >= 4 is 16.6 Å². The number of fused-ring (bicyclic) bond motifs is 1. The van der Waals surface area contributed by atoms with Crippen LogP contribution in [0.3, 0.4) is 0 Å². The second-order valence-corrected chi connectivity index (χ2v) is 4.93. The van der Waals surface area contributed by atoms with Crippen LogP contribution in [-0.2, 0) is 6.54 Å². The van der Waals surface area contributed by atoms with E-state index in [1.807, 2.05) is 38.1 Å². The van der Waals surface area contributed by atoms with E-state index >= 15 is 0 Å². The largest absolute Gasteiger partial charge is 0.378 e. The van der Waals surface area contributed by atoms with Gasteiger partial charge in [0.2, 0.25) is 0 Å². The van der Waals surface area contributed by atoms with Gasteiger partial charge in [0.15, 0.2) is 0 Å². The number of para-hydroxylation sites is 1. The Morgan fingerprint density at radius 3 is 2.60 bits per heavy atom. The highest BCUT2D eigenvalue weighted by Gasteiger charge is 2.01. The molecule has 0 unspecified atom stereocenters. The zero-order valence-electron chi connectivity index (χ0n) is 11.7. The Kier molecular flexibility index (Phi) is 3.33. The molecule has 1 N–H and O–H groups in total. The van der Waals surface area contributed by atoms with Gasteiger partial charge >= 0.3 is 0 Å². The Morgan fingerprint density at radius 1 is 0.900 bits per heavy atom. The Morgan fingerprint density at radius 2 is 1.75 bits per heavy atom. The quantitative estimate of drug-likeness (QED) is 0.779. The van der Waals surface area contributed by atoms with Crippen LogP contribution in [0, 0.1) is 13.8 Å². The second kappa shape index (κ2) is 5.29. The minimum Gasteiger partial charge on any atom is -0.378 e. The topological polar surface area (TPSA) is 37.8 Å². The number of benzene rings is 1. The van der Waals surface area contributed by atoms with Crippen LogP contribution in [0.15, 0.2) is 48.5 Å². The first-order valence-corrected chi connectivity index (χ1v) is 6.75. The Bertz CT molecular complexity index is 750. The molecule has 20 heavy (non-hydrogen) atoms. The molecule has 0 fully saturated rings. The second-order valence-electron chi connectivity index (χ2n) is 4.93. The molecule has 0 aliphatic heterocycles. The van der Waals surface area contributed by atoms with Crippen molar-refractivity contribution < 1.29 is 0 Å². The van der Waals surface area contributed by atoms with Crippen molar-refractivity contribution in [3.8, 4) is 0 Å². The van der Waals surface area contributed by atoms with Gasteiger partial charge in [-0.05, 0) is 38.1 Å². The number of aromatic nitrogens is 2. The van der Waals surface area contributed by atoms with E-state index in [-0.39, 0.29) is 0 Å². The predicted molar refractivity (Wildman–Crippen MR) is 82.8 cm³/mol. The molecule has 0 aliphatic carbocycles. The minimum atomic E-state index is 0.705. The van der Waals surface area contributed by atoms with E-state index in [0.717, 1.165) is 28.3 Å². The summed E-state index contributed by atoms with van der Waals surface area (Å²) in [5.41, 5.74) is 5.18. The summed E-state index contributed by atoms with van der Waals surface area (Å²) in [5.74, 6) is 0. The van der Waals surface area contributed by atoms with Gasteiger partial charge in [0.25, 0.3) is 0 Å². The lowest BCUT2D eigenvalue weighted by molar-refractivity contribution is 1.04. The lowest BCUT2D eigenvalue weighted by Crippen LogP contribution is -2.04. The Labute approximate surface area is 118 Å².